The lowest BCUT2D eigenvalue weighted by Gasteiger charge is -2.34. The highest BCUT2D eigenvalue weighted by Crippen LogP contribution is 2.36. The molecule has 0 bridgehead atoms. The predicted molar refractivity (Wildman–Crippen MR) is 135 cm³/mol. The third-order valence-corrected chi connectivity index (χ3v) is 6.83. The summed E-state index contributed by atoms with van der Waals surface area (Å²) in [7, 11) is 1.70. The molecule has 0 aliphatic heterocycles. The summed E-state index contributed by atoms with van der Waals surface area (Å²) in [6.07, 6.45) is 8.27. The van der Waals surface area contributed by atoms with Gasteiger partial charge in [-0.1, -0.05) is 6.07 Å². The van der Waals surface area contributed by atoms with E-state index in [0.29, 0.717) is 18.6 Å². The summed E-state index contributed by atoms with van der Waals surface area (Å²) in [5, 5.41) is 9.93. The van der Waals surface area contributed by atoms with Crippen LogP contribution >= 0.6 is 0 Å². The van der Waals surface area contributed by atoms with Crippen molar-refractivity contribution in [2.75, 3.05) is 13.7 Å². The lowest BCUT2D eigenvalue weighted by Crippen LogP contribution is -2.44. The maximum Gasteiger partial charge on any atom is 0.435 e. The molecule has 5 rings (SSSR count). The molecule has 2 aromatic heterocycles. The van der Waals surface area contributed by atoms with E-state index < -0.39 is 11.7 Å². The van der Waals surface area contributed by atoms with Crippen molar-refractivity contribution in [1.29, 1.82) is 0 Å². The third-order valence-electron chi connectivity index (χ3n) is 6.83. The van der Waals surface area contributed by atoms with Gasteiger partial charge in [0.1, 0.15) is 5.60 Å². The Morgan fingerprint density at radius 2 is 1.97 bits per heavy atom. The van der Waals surface area contributed by atoms with Crippen LogP contribution in [0.1, 0.15) is 68.1 Å². The smallest absolute Gasteiger partial charge is 0.435 e. The molecule has 0 saturated heterocycles. The van der Waals surface area contributed by atoms with E-state index in [2.05, 4.69) is 15.1 Å². The average Bonchev–Trinajstić information content (AvgIpc) is 3.42. The fraction of sp³-hybridized carbons (Fsp3) is 0.556. The van der Waals surface area contributed by atoms with E-state index in [1.807, 2.05) is 49.8 Å². The third kappa shape index (κ3) is 5.02. The Bertz CT molecular complexity index is 1270. The van der Waals surface area contributed by atoms with Crippen LogP contribution in [-0.4, -0.2) is 67.9 Å². The number of rotatable bonds is 7. The number of carbonyl (C=O) groups is 2. The topological polar surface area (TPSA) is 91.5 Å². The molecule has 9 heteroatoms. The highest BCUT2D eigenvalue weighted by molar-refractivity contribution is 6.06. The van der Waals surface area contributed by atoms with Crippen molar-refractivity contribution in [2.45, 2.75) is 83.5 Å². The first-order valence-electron chi connectivity index (χ1n) is 12.8. The number of aryl methyl sites for hydroxylation is 2. The molecule has 2 aliphatic rings. The van der Waals surface area contributed by atoms with Crippen LogP contribution in [0.5, 0.6) is 0 Å². The van der Waals surface area contributed by atoms with Crippen molar-refractivity contribution >= 4 is 22.9 Å². The van der Waals surface area contributed by atoms with E-state index in [0.717, 1.165) is 60.8 Å². The van der Waals surface area contributed by atoms with Crippen molar-refractivity contribution in [3.05, 3.63) is 47.4 Å². The first kappa shape index (κ1) is 24.5. The second-order valence-electron chi connectivity index (χ2n) is 10.8. The summed E-state index contributed by atoms with van der Waals surface area (Å²) in [4.78, 5) is 28.6. The largest absolute Gasteiger partial charge is 0.442 e. The Kier molecular flexibility index (Phi) is 6.59. The molecule has 192 valence electrons. The number of aromatic nitrogens is 4. The van der Waals surface area contributed by atoms with Gasteiger partial charge < -0.3 is 14.4 Å². The number of methoxy groups -OCH3 is 1. The molecule has 0 radical (unpaired) electrons. The van der Waals surface area contributed by atoms with Gasteiger partial charge >= 0.3 is 6.09 Å². The Hall–Kier alpha value is -3.20. The summed E-state index contributed by atoms with van der Waals surface area (Å²) in [6, 6.07) is 6.21. The number of benzene rings is 1. The fourth-order valence-corrected chi connectivity index (χ4v) is 5.07. The number of carbonyl (C=O) groups excluding carboxylic acids is 2. The van der Waals surface area contributed by atoms with E-state index in [9.17, 15) is 9.59 Å². The Morgan fingerprint density at radius 1 is 1.17 bits per heavy atom. The first-order valence-corrected chi connectivity index (χ1v) is 12.8. The molecule has 1 atom stereocenters. The second-order valence-corrected chi connectivity index (χ2v) is 10.8. The van der Waals surface area contributed by atoms with Crippen molar-refractivity contribution in [2.24, 2.45) is 0 Å². The molecule has 1 amide bonds. The van der Waals surface area contributed by atoms with E-state index in [4.69, 9.17) is 9.47 Å². The van der Waals surface area contributed by atoms with Crippen molar-refractivity contribution in [3.8, 4) is 0 Å². The van der Waals surface area contributed by atoms with Crippen molar-refractivity contribution in [1.82, 2.24) is 24.5 Å². The zero-order valence-electron chi connectivity index (χ0n) is 21.6. The lowest BCUT2D eigenvalue weighted by atomic mass is 9.91. The normalized spacial score (nSPS) is 17.7. The molecule has 0 N–H and O–H groups in total. The maximum absolute atomic E-state index is 14.0. The van der Waals surface area contributed by atoms with Gasteiger partial charge in [-0.2, -0.15) is 14.9 Å². The van der Waals surface area contributed by atoms with Gasteiger partial charge in [0.2, 0.25) is 0 Å². The first-order chi connectivity index (χ1) is 17.2. The minimum atomic E-state index is -0.583. The number of fused-ring (bicyclic) bond motifs is 2. The molecule has 2 aliphatic carbocycles. The van der Waals surface area contributed by atoms with Crippen LogP contribution in [-0.2, 0) is 28.9 Å². The lowest BCUT2D eigenvalue weighted by molar-refractivity contribution is 0.0513. The fourth-order valence-electron chi connectivity index (χ4n) is 5.07. The predicted octanol–water partition coefficient (Wildman–Crippen LogP) is 4.21. The van der Waals surface area contributed by atoms with Crippen LogP contribution in [0.15, 0.2) is 30.6 Å². The minimum absolute atomic E-state index is 0.0625. The van der Waals surface area contributed by atoms with Crippen LogP contribution < -0.4 is 0 Å². The standard InChI is InChI=1S/C27H35N5O4/c1-27(2,3)36-26(34)31-17-18-15-20(11-12-23(18)29-31)32(19-9-10-19)25(33)21-7-5-8-24-22(21)16-28-30(24)13-6-14-35-4/h5,7-8,16-17,19-20H,6,9-15H2,1-4H3. The summed E-state index contributed by atoms with van der Waals surface area (Å²) >= 11 is 0. The average molecular weight is 494 g/mol. The van der Waals surface area contributed by atoms with Gasteiger partial charge in [-0.25, -0.2) is 4.79 Å². The molecule has 3 aromatic rings. The molecule has 1 unspecified atom stereocenters. The molecule has 9 nitrogen and oxygen atoms in total. The van der Waals surface area contributed by atoms with Gasteiger partial charge in [-0.05, 0) is 77.0 Å². The van der Waals surface area contributed by atoms with E-state index in [1.165, 1.54) is 4.68 Å². The zero-order valence-corrected chi connectivity index (χ0v) is 21.6. The second kappa shape index (κ2) is 9.69. The van der Waals surface area contributed by atoms with Crippen LogP contribution in [0.3, 0.4) is 0 Å². The number of hydrogen-bond donors (Lipinski definition) is 0. The van der Waals surface area contributed by atoms with Gasteiger partial charge in [-0.15, -0.1) is 0 Å². The highest BCUT2D eigenvalue weighted by Gasteiger charge is 2.40. The maximum atomic E-state index is 14.0. The van der Waals surface area contributed by atoms with Crippen molar-refractivity contribution in [3.63, 3.8) is 0 Å². The summed E-state index contributed by atoms with van der Waals surface area (Å²) in [5.74, 6) is 0.0625. The van der Waals surface area contributed by atoms with Crippen LogP contribution in [0.25, 0.3) is 10.9 Å². The number of hydrogen-bond acceptors (Lipinski definition) is 6. The van der Waals surface area contributed by atoms with Gasteiger partial charge in [0.15, 0.2) is 0 Å². The molecule has 0 spiro atoms. The van der Waals surface area contributed by atoms with Gasteiger partial charge in [0.05, 0.1) is 23.0 Å². The van der Waals surface area contributed by atoms with E-state index >= 15 is 0 Å². The van der Waals surface area contributed by atoms with Gasteiger partial charge in [0, 0.05) is 43.9 Å². The SMILES string of the molecule is COCCCn1ncc2c(C(=O)N(C3CC3)C3CCc4nn(C(=O)OC(C)(C)C)cc4C3)cccc21. The Morgan fingerprint density at radius 3 is 2.69 bits per heavy atom. The molecular weight excluding hydrogens is 458 g/mol. The van der Waals surface area contributed by atoms with Crippen molar-refractivity contribution < 1.29 is 19.1 Å². The zero-order chi connectivity index (χ0) is 25.4. The summed E-state index contributed by atoms with van der Waals surface area (Å²) < 4.78 is 13.9. The molecule has 2 heterocycles. The molecule has 1 saturated carbocycles. The summed E-state index contributed by atoms with van der Waals surface area (Å²) in [6.45, 7) is 6.94. The molecule has 1 fully saturated rings. The Balaban J connectivity index is 1.37. The minimum Gasteiger partial charge on any atom is -0.442 e. The monoisotopic (exact) mass is 493 g/mol. The number of ether oxygens (including phenoxy) is 2. The number of amides is 1. The van der Waals surface area contributed by atoms with E-state index in [-0.39, 0.29) is 18.0 Å². The Labute approximate surface area is 211 Å². The van der Waals surface area contributed by atoms with E-state index in [1.54, 1.807) is 13.3 Å². The molecule has 36 heavy (non-hydrogen) atoms. The quantitative estimate of drug-likeness (QED) is 0.458. The molecule has 1 aromatic carbocycles. The summed E-state index contributed by atoms with van der Waals surface area (Å²) in [5.41, 5.74) is 3.02. The van der Waals surface area contributed by atoms with Crippen LogP contribution in [0.2, 0.25) is 0 Å². The van der Waals surface area contributed by atoms with Gasteiger partial charge in [-0.3, -0.25) is 9.48 Å². The van der Waals surface area contributed by atoms with Crippen LogP contribution in [0.4, 0.5) is 4.79 Å². The molecular formula is C27H35N5O4. The van der Waals surface area contributed by atoms with Crippen LogP contribution in [0, 0.1) is 0 Å². The highest BCUT2D eigenvalue weighted by atomic mass is 16.6. The van der Waals surface area contributed by atoms with Gasteiger partial charge in [0.25, 0.3) is 5.91 Å². The number of nitrogens with zero attached hydrogens (tertiary/aromatic N) is 5.